The van der Waals surface area contributed by atoms with Gasteiger partial charge in [0.1, 0.15) is 16.6 Å². The fourth-order valence-corrected chi connectivity index (χ4v) is 6.45. The molecule has 0 bridgehead atoms. The first-order valence-electron chi connectivity index (χ1n) is 9.57. The number of hydrogen-bond acceptors (Lipinski definition) is 8. The van der Waals surface area contributed by atoms with Gasteiger partial charge >= 0.3 is 0 Å². The van der Waals surface area contributed by atoms with Crippen LogP contribution in [0.2, 0.25) is 10.0 Å². The van der Waals surface area contributed by atoms with Crippen LogP contribution in [0, 0.1) is 0 Å². The third-order valence-corrected chi connectivity index (χ3v) is 9.22. The van der Waals surface area contributed by atoms with Gasteiger partial charge in [-0.15, -0.1) is 11.3 Å². The Balaban J connectivity index is 2.02. The van der Waals surface area contributed by atoms with E-state index in [1.54, 1.807) is 24.4 Å². The molecule has 1 heterocycles. The molecule has 2 aromatic carbocycles. The quantitative estimate of drug-likeness (QED) is 0.187. The normalized spacial score (nSPS) is 11.9. The van der Waals surface area contributed by atoms with Gasteiger partial charge < -0.3 is 4.74 Å². The number of thiophene rings is 1. The molecule has 14 heteroatoms. The maximum atomic E-state index is 13.4. The third-order valence-electron chi connectivity index (χ3n) is 4.29. The van der Waals surface area contributed by atoms with Crippen molar-refractivity contribution in [3.63, 3.8) is 0 Å². The summed E-state index contributed by atoms with van der Waals surface area (Å²) in [6, 6.07) is 9.81. The monoisotopic (exact) mass is 566 g/mol. The van der Waals surface area contributed by atoms with Crippen LogP contribution in [0.1, 0.15) is 12.5 Å². The lowest BCUT2D eigenvalue weighted by Crippen LogP contribution is -2.18. The Morgan fingerprint density at radius 2 is 1.56 bits per heavy atom. The summed E-state index contributed by atoms with van der Waals surface area (Å²) >= 11 is 13.2. The van der Waals surface area contributed by atoms with Crippen molar-refractivity contribution in [3.05, 3.63) is 63.5 Å². The van der Waals surface area contributed by atoms with Crippen molar-refractivity contribution in [2.45, 2.75) is 22.6 Å². The molecule has 0 aliphatic rings. The van der Waals surface area contributed by atoms with Crippen LogP contribution in [0.25, 0.3) is 0 Å². The molecule has 184 valence electrons. The van der Waals surface area contributed by atoms with Gasteiger partial charge in [-0.2, -0.15) is 0 Å². The summed E-state index contributed by atoms with van der Waals surface area (Å²) in [4.78, 5) is 9.73. The predicted octanol–water partition coefficient (Wildman–Crippen LogP) is 5.13. The predicted molar refractivity (Wildman–Crippen MR) is 132 cm³/mol. The number of halogens is 2. The molecule has 0 spiro atoms. The Kier molecular flexibility index (Phi) is 8.68. The lowest BCUT2D eigenvalue weighted by Gasteiger charge is -2.17. The number of anilines is 2. The number of sulfonamides is 2. The highest BCUT2D eigenvalue weighted by molar-refractivity contribution is 7.94. The van der Waals surface area contributed by atoms with Crippen molar-refractivity contribution in [3.8, 4) is 5.75 Å². The van der Waals surface area contributed by atoms with Gasteiger partial charge in [-0.25, -0.2) is 26.6 Å². The topological polar surface area (TPSA) is 120 Å². The maximum Gasteiger partial charge on any atom is 0.271 e. The van der Waals surface area contributed by atoms with Crippen LogP contribution in [0.3, 0.4) is 0 Å². The zero-order valence-electron chi connectivity index (χ0n) is 17.9. The van der Waals surface area contributed by atoms with Crippen LogP contribution < -0.4 is 14.2 Å². The van der Waals surface area contributed by atoms with Crippen LogP contribution in [0.15, 0.2) is 56.9 Å². The zero-order chi connectivity index (χ0) is 24.9. The van der Waals surface area contributed by atoms with Crippen molar-refractivity contribution < 1.29 is 31.3 Å². The van der Waals surface area contributed by atoms with Crippen LogP contribution in [0.4, 0.5) is 11.4 Å². The van der Waals surface area contributed by atoms with Gasteiger partial charge in [0.05, 0.1) is 40.0 Å². The lowest BCUT2D eigenvalue weighted by atomic mass is 10.2. The average molecular weight is 567 g/mol. The van der Waals surface area contributed by atoms with Crippen molar-refractivity contribution in [2.24, 2.45) is 0 Å². The highest BCUT2D eigenvalue weighted by atomic mass is 35.5. The van der Waals surface area contributed by atoms with Crippen LogP contribution in [-0.4, -0.2) is 30.6 Å². The van der Waals surface area contributed by atoms with Crippen molar-refractivity contribution in [2.75, 3.05) is 23.2 Å². The summed E-state index contributed by atoms with van der Waals surface area (Å²) in [6.07, 6.45) is 0. The second-order valence-corrected chi connectivity index (χ2v) is 11.9. The zero-order valence-corrected chi connectivity index (χ0v) is 21.8. The van der Waals surface area contributed by atoms with Gasteiger partial charge in [0, 0.05) is 11.6 Å². The molecule has 0 aliphatic carbocycles. The molecule has 0 aliphatic heterocycles. The van der Waals surface area contributed by atoms with E-state index in [0.717, 1.165) is 11.3 Å². The van der Waals surface area contributed by atoms with Crippen molar-refractivity contribution >= 4 is 66.0 Å². The van der Waals surface area contributed by atoms with E-state index >= 15 is 0 Å². The Morgan fingerprint density at radius 1 is 0.912 bits per heavy atom. The largest absolute Gasteiger partial charge is 0.497 e. The summed E-state index contributed by atoms with van der Waals surface area (Å²) in [6.45, 7) is 1.83. The number of rotatable bonds is 11. The molecule has 0 radical (unpaired) electrons. The molecule has 2 N–H and O–H groups in total. The molecule has 3 aromatic rings. The van der Waals surface area contributed by atoms with E-state index in [4.69, 9.17) is 37.7 Å². The van der Waals surface area contributed by atoms with E-state index in [1.165, 1.54) is 37.4 Å². The molecule has 1 aromatic heterocycles. The highest BCUT2D eigenvalue weighted by Gasteiger charge is 2.24. The number of methoxy groups -OCH3 is 1. The molecule has 0 saturated heterocycles. The number of nitrogens with one attached hydrogen (secondary N) is 2. The van der Waals surface area contributed by atoms with E-state index < -0.39 is 20.0 Å². The van der Waals surface area contributed by atoms with Gasteiger partial charge in [-0.05, 0) is 36.6 Å². The molecular weight excluding hydrogens is 547 g/mol. The Labute approximate surface area is 211 Å². The molecule has 0 amide bonds. The molecular formula is C20H20Cl2N2O7S3. The van der Waals surface area contributed by atoms with Gasteiger partial charge in [0.15, 0.2) is 0 Å². The highest BCUT2D eigenvalue weighted by Crippen LogP contribution is 2.36. The summed E-state index contributed by atoms with van der Waals surface area (Å²) in [5, 5.41) is 1.64. The SMILES string of the molecule is CCOOCc1ccc(OC)cc1S(=O)(=O)Nc1cc(Cl)c(Cl)cc1NS(=O)(=O)c1cccs1. The second kappa shape index (κ2) is 11.1. The minimum Gasteiger partial charge on any atom is -0.497 e. The number of hydrogen-bond donors (Lipinski definition) is 2. The molecule has 0 unspecified atom stereocenters. The molecule has 0 fully saturated rings. The molecule has 0 saturated carbocycles. The molecule has 3 rings (SSSR count). The Hall–Kier alpha value is -2.06. The van der Waals surface area contributed by atoms with Crippen LogP contribution >= 0.6 is 34.5 Å². The standard InChI is InChI=1S/C20H20Cl2N2O7S3/c1-3-30-31-12-13-6-7-14(29-2)9-19(13)33(25,26)23-17-10-15(21)16(22)11-18(17)24-34(27,28)20-5-4-8-32-20/h4-11,23-24H,3,12H2,1-2H3. The van der Waals surface area contributed by atoms with E-state index in [1.807, 2.05) is 0 Å². The fraction of sp³-hybridized carbons (Fsp3) is 0.200. The lowest BCUT2D eigenvalue weighted by molar-refractivity contribution is -0.301. The minimum absolute atomic E-state index is 0.0176. The first kappa shape index (κ1) is 26.5. The summed E-state index contributed by atoms with van der Waals surface area (Å²) < 4.78 is 62.1. The fourth-order valence-electron chi connectivity index (χ4n) is 2.75. The molecule has 9 nitrogen and oxygen atoms in total. The second-order valence-electron chi connectivity index (χ2n) is 6.60. The van der Waals surface area contributed by atoms with Crippen LogP contribution in [0.5, 0.6) is 5.75 Å². The van der Waals surface area contributed by atoms with E-state index in [0.29, 0.717) is 0 Å². The van der Waals surface area contributed by atoms with Crippen LogP contribution in [-0.2, 0) is 36.4 Å². The summed E-state index contributed by atoms with van der Waals surface area (Å²) in [7, 11) is -6.88. The first-order chi connectivity index (χ1) is 16.1. The smallest absolute Gasteiger partial charge is 0.271 e. The Bertz CT molecular complexity index is 1360. The number of ether oxygens (including phenoxy) is 1. The van der Waals surface area contributed by atoms with Gasteiger partial charge in [-0.1, -0.05) is 35.3 Å². The third kappa shape index (κ3) is 6.33. The van der Waals surface area contributed by atoms with E-state index in [9.17, 15) is 16.8 Å². The first-order valence-corrected chi connectivity index (χ1v) is 14.2. The Morgan fingerprint density at radius 3 is 2.12 bits per heavy atom. The summed E-state index contributed by atoms with van der Waals surface area (Å²) in [5.74, 6) is 0.285. The summed E-state index contributed by atoms with van der Waals surface area (Å²) in [5.41, 5.74) is 0.0398. The van der Waals surface area contributed by atoms with E-state index in [2.05, 4.69) is 9.44 Å². The number of benzene rings is 2. The van der Waals surface area contributed by atoms with Crippen molar-refractivity contribution in [1.29, 1.82) is 0 Å². The van der Waals surface area contributed by atoms with Gasteiger partial charge in [0.25, 0.3) is 20.0 Å². The minimum atomic E-state index is -4.27. The van der Waals surface area contributed by atoms with Crippen molar-refractivity contribution in [1.82, 2.24) is 0 Å². The van der Waals surface area contributed by atoms with Gasteiger partial charge in [-0.3, -0.25) is 9.44 Å². The molecule has 0 atom stereocenters. The van der Waals surface area contributed by atoms with Gasteiger partial charge in [0.2, 0.25) is 0 Å². The molecule has 34 heavy (non-hydrogen) atoms. The maximum absolute atomic E-state index is 13.4. The van der Waals surface area contributed by atoms with E-state index in [-0.39, 0.29) is 55.1 Å². The average Bonchev–Trinajstić information content (AvgIpc) is 3.33.